The summed E-state index contributed by atoms with van der Waals surface area (Å²) in [5.41, 5.74) is 3.06. The largest absolute Gasteiger partial charge is 0.454 e. The second kappa shape index (κ2) is 9.64. The molecule has 0 radical (unpaired) electrons. The first-order valence-corrected chi connectivity index (χ1v) is 8.82. The van der Waals surface area contributed by atoms with Crippen LogP contribution in [0.1, 0.15) is 40.0 Å². The van der Waals surface area contributed by atoms with Gasteiger partial charge in [0.1, 0.15) is 12.4 Å². The van der Waals surface area contributed by atoms with Gasteiger partial charge in [-0.1, -0.05) is 30.3 Å². The van der Waals surface area contributed by atoms with Crippen LogP contribution in [0.5, 0.6) is 0 Å². The van der Waals surface area contributed by atoms with Gasteiger partial charge in [-0.3, -0.25) is 14.4 Å². The summed E-state index contributed by atoms with van der Waals surface area (Å²) < 4.78 is 18.3. The molecule has 2 aromatic rings. The molecule has 0 aliphatic carbocycles. The number of aryl methyl sites for hydroxylation is 2. The summed E-state index contributed by atoms with van der Waals surface area (Å²) in [6.07, 6.45) is 0. The lowest BCUT2D eigenvalue weighted by atomic mass is 10.0. The molecule has 0 unspecified atom stereocenters. The van der Waals surface area contributed by atoms with E-state index < -0.39 is 36.8 Å². The number of rotatable bonds is 7. The Kier molecular flexibility index (Phi) is 7.26. The SMILES string of the molecule is Cc1ccc([C@H](C)NC(=O)COC(=O)CNC(=O)c2ccccc2F)cc1C. The predicted octanol–water partition coefficient (Wildman–Crippen LogP) is 2.59. The zero-order chi connectivity index (χ0) is 20.7. The minimum atomic E-state index is -0.793. The molecule has 148 valence electrons. The molecule has 0 bridgehead atoms. The van der Waals surface area contributed by atoms with Crippen LogP contribution in [-0.2, 0) is 14.3 Å². The van der Waals surface area contributed by atoms with Crippen molar-refractivity contribution in [2.75, 3.05) is 13.2 Å². The van der Waals surface area contributed by atoms with Gasteiger partial charge in [-0.15, -0.1) is 0 Å². The van der Waals surface area contributed by atoms with E-state index in [-0.39, 0.29) is 11.6 Å². The van der Waals surface area contributed by atoms with E-state index in [1.807, 2.05) is 39.0 Å². The maximum absolute atomic E-state index is 13.5. The van der Waals surface area contributed by atoms with E-state index >= 15 is 0 Å². The Labute approximate surface area is 163 Å². The third-order valence-electron chi connectivity index (χ3n) is 4.28. The van der Waals surface area contributed by atoms with E-state index in [9.17, 15) is 18.8 Å². The number of benzene rings is 2. The van der Waals surface area contributed by atoms with Gasteiger partial charge >= 0.3 is 5.97 Å². The van der Waals surface area contributed by atoms with E-state index in [1.54, 1.807) is 0 Å². The van der Waals surface area contributed by atoms with Crippen molar-refractivity contribution in [2.24, 2.45) is 0 Å². The van der Waals surface area contributed by atoms with E-state index in [4.69, 9.17) is 4.74 Å². The molecular formula is C21H23FN2O4. The molecule has 2 amide bonds. The van der Waals surface area contributed by atoms with Crippen molar-refractivity contribution in [3.05, 3.63) is 70.5 Å². The van der Waals surface area contributed by atoms with Gasteiger partial charge in [-0.25, -0.2) is 4.39 Å². The molecule has 0 saturated heterocycles. The molecule has 2 rings (SSSR count). The summed E-state index contributed by atoms with van der Waals surface area (Å²) in [4.78, 5) is 35.5. The zero-order valence-electron chi connectivity index (χ0n) is 16.0. The van der Waals surface area contributed by atoms with Crippen molar-refractivity contribution in [1.82, 2.24) is 10.6 Å². The molecule has 0 aromatic heterocycles. The number of hydrogen-bond acceptors (Lipinski definition) is 4. The molecule has 1 atom stereocenters. The first-order valence-electron chi connectivity index (χ1n) is 8.82. The Hall–Kier alpha value is -3.22. The number of hydrogen-bond donors (Lipinski definition) is 2. The average Bonchev–Trinajstić information content (AvgIpc) is 2.66. The first kappa shape index (κ1) is 21.1. The number of carbonyl (C=O) groups excluding carboxylic acids is 3. The molecule has 28 heavy (non-hydrogen) atoms. The minimum absolute atomic E-state index is 0.171. The number of nitrogens with one attached hydrogen (secondary N) is 2. The van der Waals surface area contributed by atoms with Crippen molar-refractivity contribution in [1.29, 1.82) is 0 Å². The second-order valence-corrected chi connectivity index (χ2v) is 6.46. The molecule has 0 aliphatic rings. The molecule has 0 aliphatic heterocycles. The molecule has 7 heteroatoms. The summed E-state index contributed by atoms with van der Waals surface area (Å²) >= 11 is 0. The normalized spacial score (nSPS) is 11.4. The summed E-state index contributed by atoms with van der Waals surface area (Å²) in [5.74, 6) is -2.67. The van der Waals surface area contributed by atoms with Crippen molar-refractivity contribution in [2.45, 2.75) is 26.8 Å². The molecular weight excluding hydrogens is 363 g/mol. The van der Waals surface area contributed by atoms with E-state index in [0.717, 1.165) is 22.8 Å². The Balaban J connectivity index is 1.76. The summed E-state index contributed by atoms with van der Waals surface area (Å²) in [6.45, 7) is 4.90. The topological polar surface area (TPSA) is 84.5 Å². The Morgan fingerprint density at radius 3 is 2.46 bits per heavy atom. The van der Waals surface area contributed by atoms with Crippen LogP contribution >= 0.6 is 0 Å². The van der Waals surface area contributed by atoms with Crippen LogP contribution < -0.4 is 10.6 Å². The van der Waals surface area contributed by atoms with E-state index in [1.165, 1.54) is 18.2 Å². The van der Waals surface area contributed by atoms with E-state index in [2.05, 4.69) is 10.6 Å². The van der Waals surface area contributed by atoms with Gasteiger partial charge in [0.2, 0.25) is 0 Å². The standard InChI is InChI=1S/C21H23FN2O4/c1-13-8-9-16(10-14(13)2)15(3)24-19(25)12-28-20(26)11-23-21(27)17-6-4-5-7-18(17)22/h4-10,15H,11-12H2,1-3H3,(H,23,27)(H,24,25)/t15-/m0/s1. The van der Waals surface area contributed by atoms with Gasteiger partial charge in [-0.2, -0.15) is 0 Å². The number of ether oxygens (including phenoxy) is 1. The Morgan fingerprint density at radius 2 is 1.79 bits per heavy atom. The van der Waals surface area contributed by atoms with Crippen molar-refractivity contribution in [3.63, 3.8) is 0 Å². The highest BCUT2D eigenvalue weighted by molar-refractivity contribution is 5.96. The molecule has 6 nitrogen and oxygen atoms in total. The number of carbonyl (C=O) groups is 3. The van der Waals surface area contributed by atoms with Gasteiger partial charge in [-0.05, 0) is 49.6 Å². The quantitative estimate of drug-likeness (QED) is 0.717. The molecule has 0 fully saturated rings. The van der Waals surface area contributed by atoms with Crippen LogP contribution in [0.2, 0.25) is 0 Å². The number of amides is 2. The third kappa shape index (κ3) is 5.90. The Bertz CT molecular complexity index is 882. The van der Waals surface area contributed by atoms with Crippen LogP contribution in [0, 0.1) is 19.7 Å². The maximum Gasteiger partial charge on any atom is 0.325 e. The van der Waals surface area contributed by atoms with Crippen LogP contribution in [0.3, 0.4) is 0 Å². The molecule has 0 spiro atoms. The van der Waals surface area contributed by atoms with Crippen LogP contribution in [-0.4, -0.2) is 30.9 Å². The maximum atomic E-state index is 13.5. The van der Waals surface area contributed by atoms with Crippen LogP contribution in [0.4, 0.5) is 4.39 Å². The van der Waals surface area contributed by atoms with Gasteiger partial charge < -0.3 is 15.4 Å². The smallest absolute Gasteiger partial charge is 0.325 e. The summed E-state index contributed by atoms with van der Waals surface area (Å²) in [7, 11) is 0. The van der Waals surface area contributed by atoms with Gasteiger partial charge in [0.15, 0.2) is 6.61 Å². The monoisotopic (exact) mass is 386 g/mol. The third-order valence-corrected chi connectivity index (χ3v) is 4.28. The van der Waals surface area contributed by atoms with Crippen molar-refractivity contribution in [3.8, 4) is 0 Å². The highest BCUT2D eigenvalue weighted by Gasteiger charge is 2.15. The highest BCUT2D eigenvalue weighted by Crippen LogP contribution is 2.16. The highest BCUT2D eigenvalue weighted by atomic mass is 19.1. The lowest BCUT2D eigenvalue weighted by molar-refractivity contribution is -0.147. The molecule has 0 saturated carbocycles. The second-order valence-electron chi connectivity index (χ2n) is 6.46. The van der Waals surface area contributed by atoms with Crippen LogP contribution in [0.25, 0.3) is 0 Å². The predicted molar refractivity (Wildman–Crippen MR) is 102 cm³/mol. The number of esters is 1. The fraction of sp³-hybridized carbons (Fsp3) is 0.286. The number of halogens is 1. The lowest BCUT2D eigenvalue weighted by Gasteiger charge is -2.16. The molecule has 0 heterocycles. The molecule has 2 aromatic carbocycles. The Morgan fingerprint density at radius 1 is 1.07 bits per heavy atom. The van der Waals surface area contributed by atoms with Crippen LogP contribution in [0.15, 0.2) is 42.5 Å². The first-order chi connectivity index (χ1) is 13.3. The van der Waals surface area contributed by atoms with Gasteiger partial charge in [0, 0.05) is 0 Å². The summed E-state index contributed by atoms with van der Waals surface area (Å²) in [6, 6.07) is 11.1. The molecule has 2 N–H and O–H groups in total. The zero-order valence-corrected chi connectivity index (χ0v) is 16.0. The van der Waals surface area contributed by atoms with Crippen molar-refractivity contribution < 1.29 is 23.5 Å². The van der Waals surface area contributed by atoms with Gasteiger partial charge in [0.25, 0.3) is 11.8 Å². The van der Waals surface area contributed by atoms with E-state index in [0.29, 0.717) is 0 Å². The fourth-order valence-electron chi connectivity index (χ4n) is 2.49. The summed E-state index contributed by atoms with van der Waals surface area (Å²) in [5, 5.41) is 5.00. The lowest BCUT2D eigenvalue weighted by Crippen LogP contribution is -2.35. The average molecular weight is 386 g/mol. The van der Waals surface area contributed by atoms with Gasteiger partial charge in [0.05, 0.1) is 11.6 Å². The van der Waals surface area contributed by atoms with Crippen molar-refractivity contribution >= 4 is 17.8 Å². The minimum Gasteiger partial charge on any atom is -0.454 e. The fourth-order valence-corrected chi connectivity index (χ4v) is 2.49.